The monoisotopic (exact) mass is 254 g/mol. The third-order valence-corrected chi connectivity index (χ3v) is 5.26. The van der Waals surface area contributed by atoms with Crippen LogP contribution in [-0.2, 0) is 9.53 Å². The molecular formula is C14H26N2O2. The Bertz CT molecular complexity index is 324. The Morgan fingerprint density at radius 1 is 1.39 bits per heavy atom. The smallest absolute Gasteiger partial charge is 0.224 e. The van der Waals surface area contributed by atoms with E-state index in [1.54, 1.807) is 7.11 Å². The van der Waals surface area contributed by atoms with Crippen LogP contribution in [0.1, 0.15) is 40.0 Å². The van der Waals surface area contributed by atoms with E-state index >= 15 is 0 Å². The van der Waals surface area contributed by atoms with Crippen LogP contribution in [0.25, 0.3) is 0 Å². The van der Waals surface area contributed by atoms with Gasteiger partial charge in [-0.15, -0.1) is 0 Å². The lowest BCUT2D eigenvalue weighted by Crippen LogP contribution is -2.69. The van der Waals surface area contributed by atoms with Crippen LogP contribution in [0, 0.1) is 11.3 Å². The molecule has 0 aromatic rings. The van der Waals surface area contributed by atoms with Gasteiger partial charge in [-0.1, -0.05) is 13.8 Å². The van der Waals surface area contributed by atoms with Crippen molar-refractivity contribution in [3.05, 3.63) is 0 Å². The van der Waals surface area contributed by atoms with Crippen LogP contribution in [0.2, 0.25) is 0 Å². The van der Waals surface area contributed by atoms with E-state index in [9.17, 15) is 4.79 Å². The first kappa shape index (κ1) is 13.8. The number of carbonyl (C=O) groups excluding carboxylic acids is 1. The highest BCUT2D eigenvalue weighted by Crippen LogP contribution is 2.51. The van der Waals surface area contributed by atoms with Crippen LogP contribution in [0.5, 0.6) is 0 Å². The number of ether oxygens (including phenoxy) is 1. The van der Waals surface area contributed by atoms with Crippen LogP contribution in [0.3, 0.4) is 0 Å². The van der Waals surface area contributed by atoms with Crippen molar-refractivity contribution in [3.63, 3.8) is 0 Å². The maximum absolute atomic E-state index is 12.2. The largest absolute Gasteiger partial charge is 0.378 e. The van der Waals surface area contributed by atoms with Crippen molar-refractivity contribution in [2.45, 2.75) is 51.7 Å². The standard InChI is InChI=1S/C14H26N2O2/c1-13(2)11(8-14(13,3)18-4)16-12(17)10-6-5-7-15-9-10/h10-11,15H,5-9H2,1-4H3,(H,16,17)/t10-,11-,14-/m1/s1. The van der Waals surface area contributed by atoms with Crippen LogP contribution < -0.4 is 10.6 Å². The van der Waals surface area contributed by atoms with Crippen LogP contribution in [0.15, 0.2) is 0 Å². The summed E-state index contributed by atoms with van der Waals surface area (Å²) in [5.74, 6) is 0.349. The van der Waals surface area contributed by atoms with Crippen molar-refractivity contribution in [1.82, 2.24) is 10.6 Å². The highest BCUT2D eigenvalue weighted by atomic mass is 16.5. The van der Waals surface area contributed by atoms with Crippen molar-refractivity contribution in [2.75, 3.05) is 20.2 Å². The number of hydrogen-bond donors (Lipinski definition) is 2. The van der Waals surface area contributed by atoms with Gasteiger partial charge in [0, 0.05) is 25.1 Å². The van der Waals surface area contributed by atoms with E-state index in [0.717, 1.165) is 32.4 Å². The van der Waals surface area contributed by atoms with Crippen LogP contribution in [0.4, 0.5) is 0 Å². The van der Waals surface area contributed by atoms with Gasteiger partial charge in [0.25, 0.3) is 0 Å². The van der Waals surface area contributed by atoms with Gasteiger partial charge in [0.15, 0.2) is 0 Å². The molecule has 1 saturated carbocycles. The zero-order chi connectivity index (χ0) is 13.4. The molecule has 1 amide bonds. The Morgan fingerprint density at radius 3 is 2.61 bits per heavy atom. The van der Waals surface area contributed by atoms with Gasteiger partial charge < -0.3 is 15.4 Å². The number of piperidine rings is 1. The number of amides is 1. The first-order valence-corrected chi connectivity index (χ1v) is 6.97. The van der Waals surface area contributed by atoms with E-state index in [1.807, 2.05) is 0 Å². The molecule has 2 rings (SSSR count). The van der Waals surface area contributed by atoms with Crippen molar-refractivity contribution in [3.8, 4) is 0 Å². The summed E-state index contributed by atoms with van der Waals surface area (Å²) in [6.07, 6.45) is 3.01. The average molecular weight is 254 g/mol. The zero-order valence-electron chi connectivity index (χ0n) is 12.0. The molecule has 0 radical (unpaired) electrons. The second kappa shape index (κ2) is 4.82. The van der Waals surface area contributed by atoms with Gasteiger partial charge in [0.05, 0.1) is 11.5 Å². The summed E-state index contributed by atoms with van der Waals surface area (Å²) in [7, 11) is 1.75. The van der Waals surface area contributed by atoms with Gasteiger partial charge in [0.1, 0.15) is 0 Å². The second-order valence-electron chi connectivity index (χ2n) is 6.47. The molecule has 18 heavy (non-hydrogen) atoms. The molecule has 0 unspecified atom stereocenters. The molecule has 1 aliphatic heterocycles. The molecule has 2 fully saturated rings. The lowest BCUT2D eigenvalue weighted by atomic mass is 9.55. The van der Waals surface area contributed by atoms with E-state index in [1.165, 1.54) is 0 Å². The third-order valence-electron chi connectivity index (χ3n) is 5.26. The van der Waals surface area contributed by atoms with Gasteiger partial charge in [-0.05, 0) is 32.7 Å². The minimum absolute atomic E-state index is 0.000491. The molecule has 1 heterocycles. The molecule has 104 valence electrons. The highest BCUT2D eigenvalue weighted by molar-refractivity contribution is 5.79. The number of rotatable bonds is 3. The minimum atomic E-state index is -0.115. The highest BCUT2D eigenvalue weighted by Gasteiger charge is 2.58. The molecular weight excluding hydrogens is 228 g/mol. The quantitative estimate of drug-likeness (QED) is 0.798. The van der Waals surface area contributed by atoms with Crippen LogP contribution >= 0.6 is 0 Å². The van der Waals surface area contributed by atoms with Crippen molar-refractivity contribution < 1.29 is 9.53 Å². The number of carbonyl (C=O) groups is 1. The lowest BCUT2D eigenvalue weighted by Gasteiger charge is -2.59. The molecule has 4 nitrogen and oxygen atoms in total. The van der Waals surface area contributed by atoms with Gasteiger partial charge in [0.2, 0.25) is 5.91 Å². The van der Waals surface area contributed by atoms with Gasteiger partial charge in [-0.2, -0.15) is 0 Å². The Kier molecular flexibility index (Phi) is 3.70. The molecule has 1 saturated heterocycles. The molecule has 0 aromatic heterocycles. The van der Waals surface area contributed by atoms with E-state index in [2.05, 4.69) is 31.4 Å². The fourth-order valence-electron chi connectivity index (χ4n) is 3.09. The SMILES string of the molecule is CO[C@]1(C)C[C@@H](NC(=O)[C@@H]2CCCNC2)C1(C)C. The van der Waals surface area contributed by atoms with E-state index in [4.69, 9.17) is 4.74 Å². The summed E-state index contributed by atoms with van der Waals surface area (Å²) < 4.78 is 5.58. The fourth-order valence-corrected chi connectivity index (χ4v) is 3.09. The van der Waals surface area contributed by atoms with Crippen LogP contribution in [-0.4, -0.2) is 37.7 Å². The van der Waals surface area contributed by atoms with E-state index < -0.39 is 0 Å². The number of nitrogens with one attached hydrogen (secondary N) is 2. The topological polar surface area (TPSA) is 50.4 Å². The number of methoxy groups -OCH3 is 1. The summed E-state index contributed by atoms with van der Waals surface area (Å²) in [5, 5.41) is 6.49. The predicted octanol–water partition coefficient (Wildman–Crippen LogP) is 1.31. The molecule has 0 aromatic carbocycles. The average Bonchev–Trinajstić information content (AvgIpc) is 2.38. The Hall–Kier alpha value is -0.610. The third kappa shape index (κ3) is 2.16. The maximum Gasteiger partial charge on any atom is 0.224 e. The molecule has 1 aliphatic carbocycles. The van der Waals surface area contributed by atoms with Crippen molar-refractivity contribution in [1.29, 1.82) is 0 Å². The maximum atomic E-state index is 12.2. The van der Waals surface area contributed by atoms with E-state index in [-0.39, 0.29) is 28.9 Å². The first-order valence-electron chi connectivity index (χ1n) is 6.97. The summed E-state index contributed by atoms with van der Waals surface area (Å²) in [6.45, 7) is 8.33. The first-order chi connectivity index (χ1) is 8.40. The normalized spacial score (nSPS) is 38.9. The Balaban J connectivity index is 1.89. The molecule has 3 atom stereocenters. The molecule has 2 N–H and O–H groups in total. The Labute approximate surface area is 110 Å². The summed E-state index contributed by atoms with van der Waals surface area (Å²) >= 11 is 0. The van der Waals surface area contributed by atoms with Gasteiger partial charge in [-0.25, -0.2) is 0 Å². The summed E-state index contributed by atoms with van der Waals surface area (Å²) in [6, 6.07) is 0.233. The van der Waals surface area contributed by atoms with Crippen molar-refractivity contribution in [2.24, 2.45) is 11.3 Å². The summed E-state index contributed by atoms with van der Waals surface area (Å²) in [4.78, 5) is 12.2. The summed E-state index contributed by atoms with van der Waals surface area (Å²) in [5.41, 5.74) is -0.116. The lowest BCUT2D eigenvalue weighted by molar-refractivity contribution is -0.183. The predicted molar refractivity (Wildman–Crippen MR) is 71.3 cm³/mol. The number of hydrogen-bond acceptors (Lipinski definition) is 3. The minimum Gasteiger partial charge on any atom is -0.378 e. The zero-order valence-corrected chi connectivity index (χ0v) is 12.0. The van der Waals surface area contributed by atoms with Gasteiger partial charge >= 0.3 is 0 Å². The molecule has 0 spiro atoms. The van der Waals surface area contributed by atoms with Crippen molar-refractivity contribution >= 4 is 5.91 Å². The molecule has 0 bridgehead atoms. The second-order valence-corrected chi connectivity index (χ2v) is 6.47. The van der Waals surface area contributed by atoms with E-state index in [0.29, 0.717) is 0 Å². The molecule has 2 aliphatic rings. The molecule has 4 heteroatoms. The Morgan fingerprint density at radius 2 is 2.11 bits per heavy atom. The fraction of sp³-hybridized carbons (Fsp3) is 0.929. The van der Waals surface area contributed by atoms with Gasteiger partial charge in [-0.3, -0.25) is 4.79 Å².